The van der Waals surface area contributed by atoms with E-state index >= 15 is 0 Å². The molecule has 0 atom stereocenters. The first kappa shape index (κ1) is 29.2. The Morgan fingerprint density at radius 3 is 2.09 bits per heavy atom. The number of fused-ring (bicyclic) bond motifs is 3. The maximum atomic E-state index is 3.30. The van der Waals surface area contributed by atoms with Gasteiger partial charge in [-0.3, -0.25) is 0 Å². The van der Waals surface area contributed by atoms with Crippen LogP contribution in [0.5, 0.6) is 0 Å². The van der Waals surface area contributed by atoms with Crippen LogP contribution in [0, 0.1) is 19.9 Å². The maximum absolute atomic E-state index is 3.30. The van der Waals surface area contributed by atoms with Gasteiger partial charge in [-0.2, -0.15) is 52.6 Å². The van der Waals surface area contributed by atoms with Crippen molar-refractivity contribution in [2.24, 2.45) is 0 Å². The minimum absolute atomic E-state index is 0. The fraction of sp³-hybridized carbons (Fsp3) is 0.379. The molecule has 32 heavy (non-hydrogen) atoms. The van der Waals surface area contributed by atoms with E-state index in [0.29, 0.717) is 5.92 Å². The molecule has 0 heterocycles. The summed E-state index contributed by atoms with van der Waals surface area (Å²) >= 11 is 1.69. The van der Waals surface area contributed by atoms with Crippen LogP contribution < -0.4 is 24.8 Å². The van der Waals surface area contributed by atoms with E-state index in [-0.39, 0.29) is 24.8 Å². The molecule has 2 aliphatic rings. The summed E-state index contributed by atoms with van der Waals surface area (Å²) in [5, 5.41) is 0. The van der Waals surface area contributed by atoms with Crippen LogP contribution in [0.15, 0.2) is 54.6 Å². The largest absolute Gasteiger partial charge is 0.179 e. The van der Waals surface area contributed by atoms with Gasteiger partial charge >= 0.3 is 59.5 Å². The van der Waals surface area contributed by atoms with Crippen molar-refractivity contribution in [3.8, 4) is 11.1 Å². The average molecular weight is 545 g/mol. The number of hydrogen-bond acceptors (Lipinski definition) is 0. The van der Waals surface area contributed by atoms with Gasteiger partial charge in [-0.25, -0.2) is 6.07 Å². The Bertz CT molecular complexity index is 933. The molecule has 0 N–H and O–H groups in total. The van der Waals surface area contributed by atoms with Gasteiger partial charge in [0.05, 0.1) is 0 Å². The summed E-state index contributed by atoms with van der Waals surface area (Å²) in [6, 6.07) is 22.6. The second-order valence-electron chi connectivity index (χ2n) is 8.89. The Balaban J connectivity index is 0.000000244. The summed E-state index contributed by atoms with van der Waals surface area (Å²) in [5.41, 5.74) is 9.84. The normalized spacial score (nSPS) is 13.4. The maximum Gasteiger partial charge on any atom is -0.0253 e. The SMILES string of the molecule is Cc1cc(C(C)C)c(C)[cH-]1.[Cl-].[Cl-].[Zr+2]=[C]1CCCCC1.[c-]1cccc2c1Cc1ccccc1-2. The van der Waals surface area contributed by atoms with Crippen LogP contribution in [-0.2, 0) is 30.7 Å². The molecule has 0 aromatic heterocycles. The van der Waals surface area contributed by atoms with Crippen LogP contribution >= 0.6 is 0 Å². The molecule has 3 aromatic carbocycles. The van der Waals surface area contributed by atoms with E-state index in [9.17, 15) is 0 Å². The molecule has 1 fully saturated rings. The van der Waals surface area contributed by atoms with E-state index in [2.05, 4.69) is 82.3 Å². The average Bonchev–Trinajstić information content (AvgIpc) is 3.29. The summed E-state index contributed by atoms with van der Waals surface area (Å²) in [6.45, 7) is 8.81. The molecule has 0 saturated heterocycles. The molecule has 5 rings (SSSR count). The predicted octanol–water partition coefficient (Wildman–Crippen LogP) is 1.88. The van der Waals surface area contributed by atoms with Crippen molar-refractivity contribution in [2.45, 2.75) is 72.1 Å². The summed E-state index contributed by atoms with van der Waals surface area (Å²) in [6.07, 6.45) is 8.36. The van der Waals surface area contributed by atoms with Gasteiger partial charge in [0.15, 0.2) is 0 Å². The van der Waals surface area contributed by atoms with Gasteiger partial charge in [0.25, 0.3) is 0 Å². The minimum Gasteiger partial charge on any atom is -0.179 e. The van der Waals surface area contributed by atoms with E-state index in [1.807, 2.05) is 6.07 Å². The summed E-state index contributed by atoms with van der Waals surface area (Å²) < 4.78 is 1.80. The molecule has 3 heteroatoms. The zero-order valence-corrected chi connectivity index (χ0v) is 23.7. The molecule has 1 saturated carbocycles. The van der Waals surface area contributed by atoms with Gasteiger partial charge in [-0.05, 0) is 6.42 Å². The van der Waals surface area contributed by atoms with E-state index in [0.717, 1.165) is 6.42 Å². The van der Waals surface area contributed by atoms with Gasteiger partial charge in [-0.1, -0.05) is 69.0 Å². The molecule has 0 amide bonds. The second-order valence-corrected chi connectivity index (χ2v) is 10.6. The van der Waals surface area contributed by atoms with Crippen molar-refractivity contribution in [3.05, 3.63) is 88.5 Å². The van der Waals surface area contributed by atoms with Crippen LogP contribution in [0.25, 0.3) is 11.1 Å². The third-order valence-corrected chi connectivity index (χ3v) is 7.21. The van der Waals surface area contributed by atoms with Crippen LogP contribution in [0.1, 0.15) is 79.7 Å². The van der Waals surface area contributed by atoms with Crippen molar-refractivity contribution in [1.82, 2.24) is 0 Å². The van der Waals surface area contributed by atoms with Gasteiger partial charge in [0, 0.05) is 0 Å². The van der Waals surface area contributed by atoms with Crippen LogP contribution in [0.4, 0.5) is 0 Å². The molecular formula is C29H34Cl2Zr-2. The van der Waals surface area contributed by atoms with Crippen LogP contribution in [-0.4, -0.2) is 3.21 Å². The zero-order valence-electron chi connectivity index (χ0n) is 19.8. The molecule has 0 radical (unpaired) electrons. The van der Waals surface area contributed by atoms with Crippen molar-refractivity contribution in [2.75, 3.05) is 0 Å². The molecule has 0 aliphatic heterocycles. The standard InChI is InChI=1S/C13H9.C10H15.C6H10.2ClH.Zr/c1-3-7-12-10(5-1)9-11-6-2-4-8-13(11)12;1-7(2)10-6-8(3)5-9(10)4;1-2-4-6-5-3-1;;;/h1-5,7-8H,9H2;5-7H,1-4H3;1-5H2;2*1H;/q2*-1;;;;+2/p-2. The monoisotopic (exact) mass is 542 g/mol. The fourth-order valence-corrected chi connectivity index (χ4v) is 5.29. The number of aryl methyl sites for hydroxylation is 2. The van der Waals surface area contributed by atoms with Gasteiger partial charge < -0.3 is 24.8 Å². The van der Waals surface area contributed by atoms with Crippen LogP contribution in [0.2, 0.25) is 0 Å². The molecule has 0 unspecified atom stereocenters. The first-order valence-electron chi connectivity index (χ1n) is 11.3. The third-order valence-electron chi connectivity index (χ3n) is 5.98. The zero-order chi connectivity index (χ0) is 21.5. The van der Waals surface area contributed by atoms with E-state index in [1.165, 1.54) is 71.0 Å². The Morgan fingerprint density at radius 1 is 0.906 bits per heavy atom. The fourth-order valence-electron chi connectivity index (χ4n) is 4.42. The van der Waals surface area contributed by atoms with E-state index < -0.39 is 0 Å². The number of hydrogen-bond donors (Lipinski definition) is 0. The van der Waals surface area contributed by atoms with Gasteiger partial charge in [0.2, 0.25) is 0 Å². The van der Waals surface area contributed by atoms with Crippen molar-refractivity contribution in [1.29, 1.82) is 0 Å². The minimum atomic E-state index is 0. The molecule has 2 aliphatic carbocycles. The Morgan fingerprint density at radius 2 is 1.56 bits per heavy atom. The van der Waals surface area contributed by atoms with Crippen LogP contribution in [0.3, 0.4) is 0 Å². The quantitative estimate of drug-likeness (QED) is 0.321. The van der Waals surface area contributed by atoms with Crippen molar-refractivity contribution in [3.63, 3.8) is 0 Å². The molecule has 170 valence electrons. The Labute approximate surface area is 222 Å². The summed E-state index contributed by atoms with van der Waals surface area (Å²) in [7, 11) is 0. The first-order valence-corrected chi connectivity index (χ1v) is 12.6. The second kappa shape index (κ2) is 14.4. The Hall–Kier alpha value is -0.877. The number of rotatable bonds is 1. The van der Waals surface area contributed by atoms with E-state index in [4.69, 9.17) is 0 Å². The van der Waals surface area contributed by atoms with Gasteiger partial charge in [-0.15, -0.1) is 5.56 Å². The van der Waals surface area contributed by atoms with Gasteiger partial charge in [0.1, 0.15) is 0 Å². The molecule has 0 spiro atoms. The molecule has 3 aromatic rings. The molecule has 0 nitrogen and oxygen atoms in total. The van der Waals surface area contributed by atoms with Crippen molar-refractivity contribution >= 4 is 3.21 Å². The molecular weight excluding hydrogens is 510 g/mol. The predicted molar refractivity (Wildman–Crippen MR) is 127 cm³/mol. The number of benzene rings is 2. The number of halogens is 2. The molecule has 0 bridgehead atoms. The topological polar surface area (TPSA) is 0 Å². The summed E-state index contributed by atoms with van der Waals surface area (Å²) in [4.78, 5) is 0. The Kier molecular flexibility index (Phi) is 13.1. The first-order chi connectivity index (χ1) is 14.5. The smallest absolute Gasteiger partial charge is 0.0253 e. The summed E-state index contributed by atoms with van der Waals surface area (Å²) in [5.74, 6) is 0.675. The third kappa shape index (κ3) is 8.16. The van der Waals surface area contributed by atoms with Crippen molar-refractivity contribution < 1.29 is 49.0 Å². The van der Waals surface area contributed by atoms with E-state index in [1.54, 1.807) is 27.4 Å².